The summed E-state index contributed by atoms with van der Waals surface area (Å²) >= 11 is 5.19. The molecular weight excluding hydrogens is 312 g/mol. The van der Waals surface area contributed by atoms with Crippen LogP contribution in [-0.4, -0.2) is 32.8 Å². The second-order valence-corrected chi connectivity index (χ2v) is 6.47. The largest absolute Gasteiger partial charge is 0.297 e. The van der Waals surface area contributed by atoms with E-state index in [0.717, 1.165) is 24.1 Å². The monoisotopic (exact) mass is 326 g/mol. The Hall–Kier alpha value is -0.720. The highest BCUT2D eigenvalue weighted by Crippen LogP contribution is 2.24. The van der Waals surface area contributed by atoms with Gasteiger partial charge in [0, 0.05) is 30.9 Å². The lowest BCUT2D eigenvalue weighted by atomic mass is 10.1. The Kier molecular flexibility index (Phi) is 3.77. The first-order valence-corrected chi connectivity index (χ1v) is 7.79. The predicted molar refractivity (Wildman–Crippen MR) is 75.6 cm³/mol. The molecule has 3 rings (SSSR count). The third-order valence-electron chi connectivity index (χ3n) is 3.34. The van der Waals surface area contributed by atoms with E-state index in [2.05, 4.69) is 41.8 Å². The molecule has 0 unspecified atom stereocenters. The van der Waals surface area contributed by atoms with Crippen molar-refractivity contribution in [3.63, 3.8) is 0 Å². The van der Waals surface area contributed by atoms with Crippen molar-refractivity contribution in [2.24, 2.45) is 0 Å². The van der Waals surface area contributed by atoms with Crippen molar-refractivity contribution in [3.05, 3.63) is 33.5 Å². The normalized spacial score (nSPS) is 18.3. The molecule has 6 heteroatoms. The van der Waals surface area contributed by atoms with E-state index >= 15 is 0 Å². The molecule has 1 aliphatic rings. The summed E-state index contributed by atoms with van der Waals surface area (Å²) in [5, 5.41) is 7.64. The van der Waals surface area contributed by atoms with Crippen LogP contribution in [0.3, 0.4) is 0 Å². The summed E-state index contributed by atoms with van der Waals surface area (Å²) < 4.78 is 3.15. The van der Waals surface area contributed by atoms with E-state index in [-0.39, 0.29) is 0 Å². The molecular formula is C12H15BrN4S. The number of thiazole rings is 1. The van der Waals surface area contributed by atoms with Gasteiger partial charge >= 0.3 is 0 Å². The molecule has 0 N–H and O–H groups in total. The van der Waals surface area contributed by atoms with Crippen LogP contribution in [-0.2, 0) is 6.54 Å². The fourth-order valence-electron chi connectivity index (χ4n) is 2.38. The molecule has 4 nitrogen and oxygen atoms in total. The number of hydrogen-bond donors (Lipinski definition) is 0. The molecule has 18 heavy (non-hydrogen) atoms. The van der Waals surface area contributed by atoms with Crippen LogP contribution in [0, 0.1) is 0 Å². The van der Waals surface area contributed by atoms with E-state index in [4.69, 9.17) is 0 Å². The van der Waals surface area contributed by atoms with Gasteiger partial charge in [-0.2, -0.15) is 5.10 Å². The maximum atomic E-state index is 4.38. The molecule has 0 amide bonds. The van der Waals surface area contributed by atoms with Crippen molar-refractivity contribution in [2.75, 3.05) is 13.1 Å². The first-order valence-electron chi connectivity index (χ1n) is 6.11. The lowest BCUT2D eigenvalue weighted by Crippen LogP contribution is -2.34. The van der Waals surface area contributed by atoms with Gasteiger partial charge in [-0.25, -0.2) is 4.98 Å². The van der Waals surface area contributed by atoms with Crippen LogP contribution in [0.5, 0.6) is 0 Å². The van der Waals surface area contributed by atoms with Crippen LogP contribution in [0.15, 0.2) is 28.4 Å². The molecule has 0 aliphatic carbocycles. The maximum absolute atomic E-state index is 4.38. The zero-order valence-corrected chi connectivity index (χ0v) is 12.4. The first-order chi connectivity index (χ1) is 8.81. The summed E-state index contributed by atoms with van der Waals surface area (Å²) in [7, 11) is 0. The Labute approximate surface area is 119 Å². The number of nitrogens with zero attached hydrogens (tertiary/aromatic N) is 4. The van der Waals surface area contributed by atoms with Gasteiger partial charge in [0.1, 0.15) is 5.01 Å². The molecule has 2 aromatic rings. The number of likely N-dealkylation sites (tertiary alicyclic amines) is 1. The standard InChI is InChI=1S/C12H15BrN4S/c13-10-7-15-17(8-10)11-1-4-16(5-2-11)9-12-14-3-6-18-12/h3,6-8,11H,1-2,4-5,9H2. The molecule has 0 saturated carbocycles. The summed E-state index contributed by atoms with van der Waals surface area (Å²) in [6, 6.07) is 0.545. The number of aromatic nitrogens is 3. The van der Waals surface area contributed by atoms with E-state index < -0.39 is 0 Å². The molecule has 2 aromatic heterocycles. The molecule has 1 fully saturated rings. The zero-order chi connectivity index (χ0) is 12.4. The number of hydrogen-bond acceptors (Lipinski definition) is 4. The topological polar surface area (TPSA) is 34.0 Å². The Morgan fingerprint density at radius 1 is 1.39 bits per heavy atom. The number of piperidine rings is 1. The Balaban J connectivity index is 1.55. The molecule has 0 atom stereocenters. The summed E-state index contributed by atoms with van der Waals surface area (Å²) in [6.07, 6.45) is 8.15. The van der Waals surface area contributed by atoms with Crippen LogP contribution in [0.1, 0.15) is 23.9 Å². The van der Waals surface area contributed by atoms with Crippen molar-refractivity contribution >= 4 is 27.3 Å². The van der Waals surface area contributed by atoms with Gasteiger partial charge in [-0.1, -0.05) is 0 Å². The van der Waals surface area contributed by atoms with E-state index in [1.165, 1.54) is 17.8 Å². The Bertz CT molecular complexity index is 488. The van der Waals surface area contributed by atoms with Crippen LogP contribution in [0.4, 0.5) is 0 Å². The summed E-state index contributed by atoms with van der Waals surface area (Å²) in [6.45, 7) is 3.25. The fourth-order valence-corrected chi connectivity index (χ4v) is 3.34. The van der Waals surface area contributed by atoms with Crippen LogP contribution in [0.25, 0.3) is 0 Å². The van der Waals surface area contributed by atoms with Crippen molar-refractivity contribution in [2.45, 2.75) is 25.4 Å². The Morgan fingerprint density at radius 2 is 2.22 bits per heavy atom. The van der Waals surface area contributed by atoms with Gasteiger partial charge in [-0.15, -0.1) is 11.3 Å². The first kappa shape index (κ1) is 12.3. The van der Waals surface area contributed by atoms with Crippen molar-refractivity contribution in [1.29, 1.82) is 0 Å². The van der Waals surface area contributed by atoms with E-state index in [9.17, 15) is 0 Å². The third kappa shape index (κ3) is 2.81. The third-order valence-corrected chi connectivity index (χ3v) is 4.52. The molecule has 96 valence electrons. The molecule has 1 aliphatic heterocycles. The average Bonchev–Trinajstić information content (AvgIpc) is 3.02. The highest BCUT2D eigenvalue weighted by Gasteiger charge is 2.21. The molecule has 0 aromatic carbocycles. The average molecular weight is 327 g/mol. The van der Waals surface area contributed by atoms with Gasteiger partial charge in [-0.05, 0) is 28.8 Å². The van der Waals surface area contributed by atoms with Crippen LogP contribution >= 0.6 is 27.3 Å². The minimum absolute atomic E-state index is 0.545. The van der Waals surface area contributed by atoms with Gasteiger partial charge in [0.05, 0.1) is 23.3 Å². The predicted octanol–water partition coefficient (Wildman–Crippen LogP) is 2.94. The molecule has 0 bridgehead atoms. The summed E-state index contributed by atoms with van der Waals surface area (Å²) in [4.78, 5) is 6.82. The quantitative estimate of drug-likeness (QED) is 0.869. The van der Waals surface area contributed by atoms with Gasteiger partial charge < -0.3 is 0 Å². The molecule has 1 saturated heterocycles. The van der Waals surface area contributed by atoms with Crippen molar-refractivity contribution in [3.8, 4) is 0 Å². The molecule has 0 radical (unpaired) electrons. The van der Waals surface area contributed by atoms with E-state index in [0.29, 0.717) is 6.04 Å². The molecule has 0 spiro atoms. The second kappa shape index (κ2) is 5.50. The minimum Gasteiger partial charge on any atom is -0.297 e. The van der Waals surface area contributed by atoms with Gasteiger partial charge in [0.2, 0.25) is 0 Å². The zero-order valence-electron chi connectivity index (χ0n) is 10.00. The lowest BCUT2D eigenvalue weighted by molar-refractivity contribution is 0.173. The van der Waals surface area contributed by atoms with E-state index in [1.54, 1.807) is 11.3 Å². The van der Waals surface area contributed by atoms with Gasteiger partial charge in [-0.3, -0.25) is 9.58 Å². The van der Waals surface area contributed by atoms with Crippen molar-refractivity contribution in [1.82, 2.24) is 19.7 Å². The second-order valence-electron chi connectivity index (χ2n) is 4.57. The van der Waals surface area contributed by atoms with Crippen LogP contribution < -0.4 is 0 Å². The smallest absolute Gasteiger partial charge is 0.107 e. The maximum Gasteiger partial charge on any atom is 0.107 e. The highest BCUT2D eigenvalue weighted by atomic mass is 79.9. The minimum atomic E-state index is 0.545. The van der Waals surface area contributed by atoms with E-state index in [1.807, 2.05) is 17.8 Å². The van der Waals surface area contributed by atoms with Gasteiger partial charge in [0.15, 0.2) is 0 Å². The highest BCUT2D eigenvalue weighted by molar-refractivity contribution is 9.10. The van der Waals surface area contributed by atoms with Gasteiger partial charge in [0.25, 0.3) is 0 Å². The number of rotatable bonds is 3. The summed E-state index contributed by atoms with van der Waals surface area (Å²) in [5.41, 5.74) is 0. The SMILES string of the molecule is Brc1cnn(C2CCN(Cc3nccs3)CC2)c1. The Morgan fingerprint density at radius 3 is 2.83 bits per heavy atom. The fraction of sp³-hybridized carbons (Fsp3) is 0.500. The number of halogens is 1. The lowest BCUT2D eigenvalue weighted by Gasteiger charge is -2.31. The molecule has 3 heterocycles. The summed E-state index contributed by atoms with van der Waals surface area (Å²) in [5.74, 6) is 0. The van der Waals surface area contributed by atoms with Crippen molar-refractivity contribution < 1.29 is 0 Å². The van der Waals surface area contributed by atoms with Crippen LogP contribution in [0.2, 0.25) is 0 Å².